The number of H-pyrrole nitrogens is 1. The predicted molar refractivity (Wildman–Crippen MR) is 87.4 cm³/mol. The van der Waals surface area contributed by atoms with E-state index in [0.717, 1.165) is 6.42 Å². The molecule has 0 unspecified atom stereocenters. The fourth-order valence-corrected chi connectivity index (χ4v) is 4.25. The maximum atomic E-state index is 12.1. The Kier molecular flexibility index (Phi) is 3.45. The van der Waals surface area contributed by atoms with Crippen LogP contribution in [0.15, 0.2) is 11.1 Å². The van der Waals surface area contributed by atoms with Crippen LogP contribution in [0.3, 0.4) is 0 Å². The van der Waals surface area contributed by atoms with E-state index in [2.05, 4.69) is 34.1 Å². The Bertz CT molecular complexity index is 841. The van der Waals surface area contributed by atoms with Crippen molar-refractivity contribution in [2.24, 2.45) is 17.8 Å². The van der Waals surface area contributed by atoms with Crippen LogP contribution in [0.5, 0.6) is 0 Å². The van der Waals surface area contributed by atoms with E-state index in [-0.39, 0.29) is 35.3 Å². The molecule has 2 aliphatic rings. The molecule has 1 amide bonds. The second kappa shape index (κ2) is 5.41. The third-order valence-corrected chi connectivity index (χ3v) is 5.28. The van der Waals surface area contributed by atoms with Crippen molar-refractivity contribution in [3.05, 3.63) is 16.7 Å². The number of ether oxygens (including phenoxy) is 1. The molecular weight excluding hydrogens is 310 g/mol. The van der Waals surface area contributed by atoms with E-state index in [1.165, 1.54) is 13.3 Å². The zero-order chi connectivity index (χ0) is 17.0. The first-order valence-corrected chi connectivity index (χ1v) is 8.34. The molecule has 0 spiro atoms. The Morgan fingerprint density at radius 3 is 2.88 bits per heavy atom. The first kappa shape index (κ1) is 15.3. The Labute approximate surface area is 138 Å². The topological polar surface area (TPSA) is 102 Å². The number of carbonyl (C=O) groups excluding carboxylic acids is 1. The molecule has 5 atom stereocenters. The van der Waals surface area contributed by atoms with Gasteiger partial charge in [0.25, 0.3) is 5.56 Å². The number of hydrogen-bond donors (Lipinski definition) is 2. The summed E-state index contributed by atoms with van der Waals surface area (Å²) in [5.41, 5.74) is 0.320. The van der Waals surface area contributed by atoms with Gasteiger partial charge in [0.1, 0.15) is 6.23 Å². The fraction of sp³-hybridized carbons (Fsp3) is 0.625. The summed E-state index contributed by atoms with van der Waals surface area (Å²) in [7, 11) is 0. The van der Waals surface area contributed by atoms with Crippen molar-refractivity contribution in [2.75, 3.05) is 5.32 Å². The van der Waals surface area contributed by atoms with E-state index in [0.29, 0.717) is 23.4 Å². The number of rotatable bonds is 2. The molecule has 1 aliphatic carbocycles. The summed E-state index contributed by atoms with van der Waals surface area (Å²) in [5.74, 6) is 1.53. The van der Waals surface area contributed by atoms with E-state index in [4.69, 9.17) is 4.74 Å². The molecule has 2 fully saturated rings. The number of hydrogen-bond acceptors (Lipinski definition) is 5. The van der Waals surface area contributed by atoms with Gasteiger partial charge in [0, 0.05) is 6.92 Å². The van der Waals surface area contributed by atoms with Gasteiger partial charge >= 0.3 is 0 Å². The van der Waals surface area contributed by atoms with Crippen LogP contribution >= 0.6 is 0 Å². The van der Waals surface area contributed by atoms with Crippen molar-refractivity contribution in [2.45, 2.75) is 45.9 Å². The number of amides is 1. The number of nitrogens with one attached hydrogen (secondary N) is 2. The standard InChI is InChI=1S/C16H21N5O3/c1-7-4-8(2)13-10(7)5-11(24-13)21-6-17-12-14(21)19-16(18-9(3)22)20-15(12)23/h6-8,10-11,13H,4-5H2,1-3H3,(H2,18,19,20,22,23)/t7-,8-,10+,11+,13-/m1/s1. The highest BCUT2D eigenvalue weighted by molar-refractivity contribution is 5.87. The largest absolute Gasteiger partial charge is 0.354 e. The lowest BCUT2D eigenvalue weighted by atomic mass is 9.94. The number of imidazole rings is 1. The SMILES string of the molecule is CC(=O)Nc1nc2c(ncn2[C@@H]2C[C@@H]3[C@H](O2)[C@H](C)C[C@H]3C)c(=O)[nH]1. The highest BCUT2D eigenvalue weighted by Crippen LogP contribution is 2.49. The smallest absolute Gasteiger partial charge is 0.280 e. The van der Waals surface area contributed by atoms with Crippen LogP contribution in [-0.2, 0) is 9.53 Å². The molecule has 2 aromatic rings. The van der Waals surface area contributed by atoms with Crippen LogP contribution in [0.25, 0.3) is 11.2 Å². The summed E-state index contributed by atoms with van der Waals surface area (Å²) in [6.07, 6.45) is 3.77. The Morgan fingerprint density at radius 1 is 1.38 bits per heavy atom. The van der Waals surface area contributed by atoms with Crippen molar-refractivity contribution in [3.8, 4) is 0 Å². The molecule has 0 radical (unpaired) electrons. The van der Waals surface area contributed by atoms with E-state index in [1.807, 2.05) is 4.57 Å². The molecule has 24 heavy (non-hydrogen) atoms. The van der Waals surface area contributed by atoms with Crippen LogP contribution in [0.2, 0.25) is 0 Å². The van der Waals surface area contributed by atoms with Gasteiger partial charge in [0.2, 0.25) is 11.9 Å². The quantitative estimate of drug-likeness (QED) is 0.871. The molecule has 3 heterocycles. The molecule has 1 saturated carbocycles. The third kappa shape index (κ3) is 2.32. The van der Waals surface area contributed by atoms with Gasteiger partial charge in [-0.1, -0.05) is 13.8 Å². The van der Waals surface area contributed by atoms with Gasteiger partial charge < -0.3 is 4.74 Å². The summed E-state index contributed by atoms with van der Waals surface area (Å²) < 4.78 is 8.08. The zero-order valence-electron chi connectivity index (χ0n) is 13.9. The molecule has 1 aliphatic heterocycles. The lowest BCUT2D eigenvalue weighted by molar-refractivity contribution is -0.114. The summed E-state index contributed by atoms with van der Waals surface area (Å²) in [6.45, 7) is 5.87. The van der Waals surface area contributed by atoms with Crippen molar-refractivity contribution >= 4 is 23.0 Å². The van der Waals surface area contributed by atoms with E-state index >= 15 is 0 Å². The summed E-state index contributed by atoms with van der Waals surface area (Å²) in [4.78, 5) is 34.4. The maximum Gasteiger partial charge on any atom is 0.280 e. The minimum Gasteiger partial charge on any atom is -0.354 e. The second-order valence-electron chi connectivity index (χ2n) is 7.06. The van der Waals surface area contributed by atoms with Gasteiger partial charge in [-0.15, -0.1) is 0 Å². The number of carbonyl (C=O) groups is 1. The first-order chi connectivity index (χ1) is 11.4. The number of nitrogens with zero attached hydrogens (tertiary/aromatic N) is 3. The molecule has 0 bridgehead atoms. The highest BCUT2D eigenvalue weighted by atomic mass is 16.5. The minimum atomic E-state index is -0.373. The minimum absolute atomic E-state index is 0.127. The molecule has 4 rings (SSSR count). The Hall–Kier alpha value is -2.22. The Balaban J connectivity index is 1.71. The zero-order valence-corrected chi connectivity index (χ0v) is 13.9. The summed E-state index contributed by atoms with van der Waals surface area (Å²) >= 11 is 0. The van der Waals surface area contributed by atoms with Crippen molar-refractivity contribution in [1.29, 1.82) is 0 Å². The van der Waals surface area contributed by atoms with Gasteiger partial charge in [-0.3, -0.25) is 24.5 Å². The summed E-state index contributed by atoms with van der Waals surface area (Å²) in [5, 5.41) is 2.51. The average molecular weight is 331 g/mol. The van der Waals surface area contributed by atoms with Gasteiger partial charge in [0.15, 0.2) is 11.2 Å². The van der Waals surface area contributed by atoms with Crippen molar-refractivity contribution in [1.82, 2.24) is 19.5 Å². The molecular formula is C16H21N5O3. The molecule has 8 nitrogen and oxygen atoms in total. The van der Waals surface area contributed by atoms with E-state index in [1.54, 1.807) is 6.33 Å². The number of aromatic nitrogens is 4. The van der Waals surface area contributed by atoms with Crippen molar-refractivity contribution in [3.63, 3.8) is 0 Å². The number of fused-ring (bicyclic) bond motifs is 2. The van der Waals surface area contributed by atoms with Gasteiger partial charge in [-0.2, -0.15) is 4.98 Å². The molecule has 1 saturated heterocycles. The molecule has 2 aromatic heterocycles. The van der Waals surface area contributed by atoms with Crippen LogP contribution in [-0.4, -0.2) is 31.5 Å². The highest BCUT2D eigenvalue weighted by Gasteiger charge is 2.47. The van der Waals surface area contributed by atoms with Gasteiger partial charge in [-0.25, -0.2) is 4.98 Å². The molecule has 2 N–H and O–H groups in total. The molecule has 128 valence electrons. The third-order valence-electron chi connectivity index (χ3n) is 5.28. The van der Waals surface area contributed by atoms with Gasteiger partial charge in [-0.05, 0) is 30.6 Å². The fourth-order valence-electron chi connectivity index (χ4n) is 4.25. The lowest BCUT2D eigenvalue weighted by Gasteiger charge is -2.17. The average Bonchev–Trinajstić information content (AvgIpc) is 3.14. The van der Waals surface area contributed by atoms with E-state index in [9.17, 15) is 9.59 Å². The molecule has 0 aromatic carbocycles. The number of aromatic amines is 1. The lowest BCUT2D eigenvalue weighted by Crippen LogP contribution is -2.19. The van der Waals surface area contributed by atoms with E-state index < -0.39 is 0 Å². The normalized spacial score (nSPS) is 32.2. The van der Waals surface area contributed by atoms with Crippen LogP contribution in [0.1, 0.15) is 39.8 Å². The monoisotopic (exact) mass is 331 g/mol. The van der Waals surface area contributed by atoms with Crippen LogP contribution in [0.4, 0.5) is 5.95 Å². The predicted octanol–water partition coefficient (Wildman–Crippen LogP) is 1.66. The summed E-state index contributed by atoms with van der Waals surface area (Å²) in [6, 6.07) is 0. The van der Waals surface area contributed by atoms with Crippen LogP contribution < -0.4 is 10.9 Å². The van der Waals surface area contributed by atoms with Gasteiger partial charge in [0.05, 0.1) is 12.4 Å². The number of anilines is 1. The maximum absolute atomic E-state index is 12.1. The first-order valence-electron chi connectivity index (χ1n) is 8.34. The van der Waals surface area contributed by atoms with Crippen LogP contribution in [0, 0.1) is 17.8 Å². The second-order valence-corrected chi connectivity index (χ2v) is 7.06. The molecule has 8 heteroatoms. The van der Waals surface area contributed by atoms with Crippen molar-refractivity contribution < 1.29 is 9.53 Å². The Morgan fingerprint density at radius 2 is 2.17 bits per heavy atom.